The van der Waals surface area contributed by atoms with Crippen LogP contribution in [0.15, 0.2) is 63.2 Å². The van der Waals surface area contributed by atoms with Gasteiger partial charge in [0, 0.05) is 10.7 Å². The molecule has 0 aliphatic heterocycles. The highest BCUT2D eigenvalue weighted by molar-refractivity contribution is 8.13. The van der Waals surface area contributed by atoms with Gasteiger partial charge in [0.15, 0.2) is 0 Å². The van der Waals surface area contributed by atoms with Gasteiger partial charge < -0.3 is 0 Å². The van der Waals surface area contributed by atoms with Crippen molar-refractivity contribution in [2.45, 2.75) is 34.5 Å². The molecule has 0 radical (unpaired) electrons. The van der Waals surface area contributed by atoms with Gasteiger partial charge in [-0.1, -0.05) is 38.1 Å². The lowest BCUT2D eigenvalue weighted by Gasteiger charge is -2.12. The van der Waals surface area contributed by atoms with Crippen LogP contribution in [0.3, 0.4) is 0 Å². The molecule has 0 saturated heterocycles. The Bertz CT molecular complexity index is 886. The van der Waals surface area contributed by atoms with Crippen molar-refractivity contribution < 1.29 is 16.8 Å². The van der Waals surface area contributed by atoms with E-state index in [1.165, 1.54) is 24.3 Å². The second kappa shape index (κ2) is 6.02. The molecule has 2 rings (SSSR count). The smallest absolute Gasteiger partial charge is 0.219 e. The van der Waals surface area contributed by atoms with E-state index in [-0.39, 0.29) is 20.6 Å². The number of halogens is 1. The molecule has 0 saturated carbocycles. The Kier molecular flexibility index (Phi) is 4.65. The summed E-state index contributed by atoms with van der Waals surface area (Å²) in [7, 11) is -2.37. The van der Waals surface area contributed by atoms with E-state index in [1.54, 1.807) is 18.2 Å². The largest absolute Gasteiger partial charge is 0.261 e. The first-order valence-electron chi connectivity index (χ1n) is 6.53. The maximum absolute atomic E-state index is 12.6. The fourth-order valence-corrected chi connectivity index (χ4v) is 4.74. The van der Waals surface area contributed by atoms with E-state index >= 15 is 0 Å². The molecule has 0 heterocycles. The normalized spacial score (nSPS) is 12.5. The summed E-state index contributed by atoms with van der Waals surface area (Å²) in [6.45, 7) is 3.62. The maximum atomic E-state index is 12.6. The average Bonchev–Trinajstić information content (AvgIpc) is 2.46. The molecule has 0 aliphatic rings. The summed E-state index contributed by atoms with van der Waals surface area (Å²) in [4.78, 5) is -0.159. The molecule has 118 valence electrons. The minimum Gasteiger partial charge on any atom is -0.219 e. The van der Waals surface area contributed by atoms with Crippen LogP contribution in [0.5, 0.6) is 0 Å². The standard InChI is InChI=1S/C15H15ClO4S2/c1-11(2)14-9-8-13(10-15(14)22(16,19)20)21(17,18)12-6-4-3-5-7-12/h3-11H,1-2H3. The van der Waals surface area contributed by atoms with Crippen molar-refractivity contribution in [1.29, 1.82) is 0 Å². The minimum absolute atomic E-state index is 0.0951. The first-order chi connectivity index (χ1) is 10.1. The predicted molar refractivity (Wildman–Crippen MR) is 85.5 cm³/mol. The van der Waals surface area contributed by atoms with Crippen molar-refractivity contribution in [3.8, 4) is 0 Å². The van der Waals surface area contributed by atoms with Crippen molar-refractivity contribution in [2.75, 3.05) is 0 Å². The highest BCUT2D eigenvalue weighted by atomic mass is 35.7. The number of sulfone groups is 1. The summed E-state index contributed by atoms with van der Waals surface area (Å²) in [5.41, 5.74) is 0.488. The molecule has 2 aromatic carbocycles. The zero-order chi connectivity index (χ0) is 16.5. The number of hydrogen-bond donors (Lipinski definition) is 0. The summed E-state index contributed by atoms with van der Waals surface area (Å²) in [6.07, 6.45) is 0. The van der Waals surface area contributed by atoms with Crippen LogP contribution in [0, 0.1) is 0 Å². The summed E-state index contributed by atoms with van der Waals surface area (Å²) in [5.74, 6) is -0.1000. The summed E-state index contributed by atoms with van der Waals surface area (Å²) in [5, 5.41) is 0. The molecule has 0 fully saturated rings. The molecule has 0 bridgehead atoms. The van der Waals surface area contributed by atoms with Crippen LogP contribution in [0.25, 0.3) is 0 Å². The van der Waals surface area contributed by atoms with Crippen molar-refractivity contribution in [3.05, 3.63) is 54.1 Å². The van der Waals surface area contributed by atoms with Crippen LogP contribution in [0.4, 0.5) is 0 Å². The van der Waals surface area contributed by atoms with Crippen molar-refractivity contribution in [2.24, 2.45) is 0 Å². The van der Waals surface area contributed by atoms with Crippen molar-refractivity contribution >= 4 is 29.6 Å². The molecular weight excluding hydrogens is 344 g/mol. The highest BCUT2D eigenvalue weighted by Gasteiger charge is 2.23. The van der Waals surface area contributed by atoms with E-state index < -0.39 is 18.9 Å². The molecule has 0 aliphatic carbocycles. The van der Waals surface area contributed by atoms with E-state index in [2.05, 4.69) is 0 Å². The fourth-order valence-electron chi connectivity index (χ4n) is 2.11. The Balaban J connectivity index is 2.69. The lowest BCUT2D eigenvalue weighted by Crippen LogP contribution is -2.06. The number of hydrogen-bond acceptors (Lipinski definition) is 4. The topological polar surface area (TPSA) is 68.3 Å². The Morgan fingerprint density at radius 3 is 1.95 bits per heavy atom. The predicted octanol–water partition coefficient (Wildman–Crippen LogP) is 3.57. The molecule has 2 aromatic rings. The molecule has 0 unspecified atom stereocenters. The summed E-state index contributed by atoms with van der Waals surface area (Å²) >= 11 is 0. The van der Waals surface area contributed by atoms with Gasteiger partial charge in [0.1, 0.15) is 0 Å². The second-order valence-electron chi connectivity index (χ2n) is 5.11. The third kappa shape index (κ3) is 3.34. The van der Waals surface area contributed by atoms with Gasteiger partial charge in [0.05, 0.1) is 14.7 Å². The molecule has 0 aromatic heterocycles. The number of benzene rings is 2. The molecule has 4 nitrogen and oxygen atoms in total. The van der Waals surface area contributed by atoms with Gasteiger partial charge in [-0.3, -0.25) is 0 Å². The second-order valence-corrected chi connectivity index (χ2v) is 9.59. The summed E-state index contributed by atoms with van der Waals surface area (Å²) < 4.78 is 48.6. The van der Waals surface area contributed by atoms with E-state index in [4.69, 9.17) is 10.7 Å². The first-order valence-corrected chi connectivity index (χ1v) is 10.3. The first kappa shape index (κ1) is 17.0. The Hall–Kier alpha value is -1.37. The Labute approximate surface area is 135 Å². The van der Waals surface area contributed by atoms with E-state index in [1.807, 2.05) is 13.8 Å². The molecule has 0 spiro atoms. The molecular formula is C15H15ClO4S2. The van der Waals surface area contributed by atoms with Gasteiger partial charge in [-0.05, 0) is 35.7 Å². The van der Waals surface area contributed by atoms with Crippen molar-refractivity contribution in [1.82, 2.24) is 0 Å². The molecule has 0 N–H and O–H groups in total. The van der Waals surface area contributed by atoms with Gasteiger partial charge in [0.25, 0.3) is 9.05 Å². The van der Waals surface area contributed by atoms with E-state index in [0.29, 0.717) is 5.56 Å². The third-order valence-electron chi connectivity index (χ3n) is 3.23. The zero-order valence-electron chi connectivity index (χ0n) is 12.0. The SMILES string of the molecule is CC(C)c1ccc(S(=O)(=O)c2ccccc2)cc1S(=O)(=O)Cl. The number of rotatable bonds is 4. The fraction of sp³-hybridized carbons (Fsp3) is 0.200. The lowest BCUT2D eigenvalue weighted by molar-refractivity contribution is 0.595. The van der Waals surface area contributed by atoms with Gasteiger partial charge >= 0.3 is 0 Å². The molecule has 7 heteroatoms. The van der Waals surface area contributed by atoms with E-state index in [9.17, 15) is 16.8 Å². The van der Waals surface area contributed by atoms with Crippen molar-refractivity contribution in [3.63, 3.8) is 0 Å². The van der Waals surface area contributed by atoms with Crippen LogP contribution in [-0.2, 0) is 18.9 Å². The average molecular weight is 359 g/mol. The third-order valence-corrected chi connectivity index (χ3v) is 6.38. The monoisotopic (exact) mass is 358 g/mol. The van der Waals surface area contributed by atoms with Gasteiger partial charge in [-0.25, -0.2) is 16.8 Å². The highest BCUT2D eigenvalue weighted by Crippen LogP contribution is 2.31. The minimum atomic E-state index is -4.04. The Morgan fingerprint density at radius 1 is 0.864 bits per heavy atom. The van der Waals surface area contributed by atoms with Crippen LogP contribution in [0.2, 0.25) is 0 Å². The molecule has 0 atom stereocenters. The Morgan fingerprint density at radius 2 is 1.45 bits per heavy atom. The van der Waals surface area contributed by atoms with E-state index in [0.717, 1.165) is 6.07 Å². The summed E-state index contributed by atoms with van der Waals surface area (Å²) in [6, 6.07) is 11.9. The zero-order valence-corrected chi connectivity index (χ0v) is 14.4. The van der Waals surface area contributed by atoms with Crippen LogP contribution in [0.1, 0.15) is 25.3 Å². The molecule has 22 heavy (non-hydrogen) atoms. The quantitative estimate of drug-likeness (QED) is 0.783. The lowest BCUT2D eigenvalue weighted by atomic mass is 10.0. The van der Waals surface area contributed by atoms with Gasteiger partial charge in [0.2, 0.25) is 9.84 Å². The van der Waals surface area contributed by atoms with Gasteiger partial charge in [-0.15, -0.1) is 0 Å². The molecule has 0 amide bonds. The van der Waals surface area contributed by atoms with Crippen LogP contribution >= 0.6 is 10.7 Å². The maximum Gasteiger partial charge on any atom is 0.261 e. The van der Waals surface area contributed by atoms with Gasteiger partial charge in [-0.2, -0.15) is 0 Å². The van der Waals surface area contributed by atoms with Crippen LogP contribution in [-0.4, -0.2) is 16.8 Å². The van der Waals surface area contributed by atoms with Crippen LogP contribution < -0.4 is 0 Å².